The van der Waals surface area contributed by atoms with Crippen molar-refractivity contribution in [1.82, 2.24) is 20.6 Å². The van der Waals surface area contributed by atoms with E-state index >= 15 is 0 Å². The third kappa shape index (κ3) is 2.19. The molecule has 16 heavy (non-hydrogen) atoms. The molecule has 2 N–H and O–H groups in total. The van der Waals surface area contributed by atoms with E-state index in [2.05, 4.69) is 20.6 Å². The number of hydrogen-bond donors (Lipinski definition) is 2. The Morgan fingerprint density at radius 3 is 2.81 bits per heavy atom. The van der Waals surface area contributed by atoms with Crippen LogP contribution in [0.4, 0.5) is 4.79 Å². The highest BCUT2D eigenvalue weighted by molar-refractivity contribution is 7.98. The van der Waals surface area contributed by atoms with Gasteiger partial charge in [-0.3, -0.25) is 10.1 Å². The Labute approximate surface area is 95.5 Å². The van der Waals surface area contributed by atoms with E-state index in [-0.39, 0.29) is 5.70 Å². The summed E-state index contributed by atoms with van der Waals surface area (Å²) in [5.41, 5.74) is 0.766. The lowest BCUT2D eigenvalue weighted by Gasteiger charge is -1.97. The van der Waals surface area contributed by atoms with Crippen LogP contribution in [0.25, 0.3) is 6.08 Å². The van der Waals surface area contributed by atoms with Crippen LogP contribution in [0.5, 0.6) is 0 Å². The number of urea groups is 1. The van der Waals surface area contributed by atoms with Crippen LogP contribution < -0.4 is 10.6 Å². The molecule has 1 aliphatic heterocycles. The number of thioether (sulfide) groups is 1. The summed E-state index contributed by atoms with van der Waals surface area (Å²) in [4.78, 5) is 30.2. The predicted molar refractivity (Wildman–Crippen MR) is 58.5 cm³/mol. The summed E-state index contributed by atoms with van der Waals surface area (Å²) in [6.45, 7) is 0. The van der Waals surface area contributed by atoms with Gasteiger partial charge in [0, 0.05) is 6.20 Å². The van der Waals surface area contributed by atoms with E-state index in [9.17, 15) is 9.59 Å². The van der Waals surface area contributed by atoms with Crippen LogP contribution in [-0.2, 0) is 4.79 Å². The van der Waals surface area contributed by atoms with Crippen LogP contribution in [0.3, 0.4) is 0 Å². The Morgan fingerprint density at radius 1 is 1.38 bits per heavy atom. The summed E-state index contributed by atoms with van der Waals surface area (Å²) in [6.07, 6.45) is 4.96. The zero-order valence-electron chi connectivity index (χ0n) is 8.35. The van der Waals surface area contributed by atoms with Gasteiger partial charge in [-0.05, 0) is 18.4 Å². The van der Waals surface area contributed by atoms with Gasteiger partial charge < -0.3 is 5.32 Å². The molecule has 2 rings (SSSR count). The lowest BCUT2D eigenvalue weighted by Crippen LogP contribution is -2.22. The molecule has 0 unspecified atom stereocenters. The Bertz CT molecular complexity index is 486. The lowest BCUT2D eigenvalue weighted by molar-refractivity contribution is -0.115. The summed E-state index contributed by atoms with van der Waals surface area (Å²) in [5.74, 6) is -0.450. The molecule has 1 aromatic heterocycles. The minimum absolute atomic E-state index is 0.191. The normalized spacial score (nSPS) is 17.4. The molecule has 3 amide bonds. The summed E-state index contributed by atoms with van der Waals surface area (Å²) in [6, 6.07) is 1.14. The number of rotatable bonds is 2. The van der Waals surface area contributed by atoms with Crippen molar-refractivity contribution in [3.8, 4) is 0 Å². The van der Waals surface area contributed by atoms with E-state index in [1.54, 1.807) is 12.3 Å². The van der Waals surface area contributed by atoms with Gasteiger partial charge in [-0.15, -0.1) is 0 Å². The molecule has 0 saturated carbocycles. The smallest absolute Gasteiger partial charge is 0.303 e. The number of amides is 3. The number of hydrogen-bond acceptors (Lipinski definition) is 5. The number of imide groups is 1. The Balaban J connectivity index is 2.28. The van der Waals surface area contributed by atoms with Gasteiger partial charge in [-0.2, -0.15) is 0 Å². The number of nitrogens with zero attached hydrogens (tertiary/aromatic N) is 2. The Kier molecular flexibility index (Phi) is 2.86. The molecule has 6 nitrogen and oxygen atoms in total. The fourth-order valence-corrected chi connectivity index (χ4v) is 1.53. The van der Waals surface area contributed by atoms with Gasteiger partial charge >= 0.3 is 6.03 Å². The first-order valence-electron chi connectivity index (χ1n) is 4.40. The van der Waals surface area contributed by atoms with Gasteiger partial charge in [-0.1, -0.05) is 11.8 Å². The van der Waals surface area contributed by atoms with E-state index in [4.69, 9.17) is 0 Å². The zero-order chi connectivity index (χ0) is 11.5. The first-order chi connectivity index (χ1) is 7.69. The van der Waals surface area contributed by atoms with Crippen molar-refractivity contribution in [3.63, 3.8) is 0 Å². The van der Waals surface area contributed by atoms with Crippen LogP contribution >= 0.6 is 11.8 Å². The average Bonchev–Trinajstić information content (AvgIpc) is 2.58. The SMILES string of the molecule is CSc1nccc(C=C2NC(=O)NC2=O)n1. The minimum atomic E-state index is -0.518. The maximum absolute atomic E-state index is 11.2. The Hall–Kier alpha value is -1.89. The predicted octanol–water partition coefficient (Wildman–Crippen LogP) is 0.379. The molecule has 1 aromatic rings. The molecular formula is C9H8N4O2S. The molecule has 1 aliphatic rings. The molecule has 0 spiro atoms. The van der Waals surface area contributed by atoms with Gasteiger partial charge in [0.1, 0.15) is 5.70 Å². The molecule has 0 aliphatic carbocycles. The average molecular weight is 236 g/mol. The van der Waals surface area contributed by atoms with Gasteiger partial charge in [0.25, 0.3) is 5.91 Å². The van der Waals surface area contributed by atoms with Gasteiger partial charge in [0.05, 0.1) is 5.69 Å². The molecule has 2 heterocycles. The van der Waals surface area contributed by atoms with E-state index in [1.165, 1.54) is 17.8 Å². The second-order valence-corrected chi connectivity index (χ2v) is 3.71. The van der Waals surface area contributed by atoms with Crippen LogP contribution in [0.15, 0.2) is 23.1 Å². The van der Waals surface area contributed by atoms with Crippen molar-refractivity contribution in [2.45, 2.75) is 5.16 Å². The molecular weight excluding hydrogens is 228 g/mol. The molecule has 82 valence electrons. The minimum Gasteiger partial charge on any atom is -0.303 e. The van der Waals surface area contributed by atoms with Crippen molar-refractivity contribution >= 4 is 29.8 Å². The van der Waals surface area contributed by atoms with E-state index < -0.39 is 11.9 Å². The summed E-state index contributed by atoms with van der Waals surface area (Å²) >= 11 is 1.40. The van der Waals surface area contributed by atoms with E-state index in [1.807, 2.05) is 6.26 Å². The second-order valence-electron chi connectivity index (χ2n) is 2.93. The Morgan fingerprint density at radius 2 is 2.19 bits per heavy atom. The molecule has 0 radical (unpaired) electrons. The fraction of sp³-hybridized carbons (Fsp3) is 0.111. The maximum atomic E-state index is 11.2. The summed E-state index contributed by atoms with van der Waals surface area (Å²) in [5, 5.41) is 5.10. The van der Waals surface area contributed by atoms with Crippen LogP contribution in [-0.4, -0.2) is 28.2 Å². The van der Waals surface area contributed by atoms with Crippen LogP contribution in [0.2, 0.25) is 0 Å². The van der Waals surface area contributed by atoms with Gasteiger partial charge in [0.2, 0.25) is 0 Å². The molecule has 1 fully saturated rings. The van der Waals surface area contributed by atoms with Crippen molar-refractivity contribution in [2.24, 2.45) is 0 Å². The number of carbonyl (C=O) groups is 2. The first-order valence-corrected chi connectivity index (χ1v) is 5.62. The molecule has 1 saturated heterocycles. The molecule has 7 heteroatoms. The monoisotopic (exact) mass is 236 g/mol. The maximum Gasteiger partial charge on any atom is 0.326 e. The third-order valence-electron chi connectivity index (χ3n) is 1.85. The van der Waals surface area contributed by atoms with E-state index in [0.717, 1.165) is 0 Å². The van der Waals surface area contributed by atoms with Crippen LogP contribution in [0.1, 0.15) is 5.69 Å². The van der Waals surface area contributed by atoms with Gasteiger partial charge in [0.15, 0.2) is 5.16 Å². The second kappa shape index (κ2) is 4.31. The topological polar surface area (TPSA) is 84.0 Å². The lowest BCUT2D eigenvalue weighted by atomic mass is 10.3. The number of carbonyl (C=O) groups excluding carboxylic acids is 2. The van der Waals surface area contributed by atoms with Gasteiger partial charge in [-0.25, -0.2) is 14.8 Å². The third-order valence-corrected chi connectivity index (χ3v) is 2.41. The number of nitrogens with one attached hydrogen (secondary N) is 2. The summed E-state index contributed by atoms with van der Waals surface area (Å²) < 4.78 is 0. The molecule has 0 bridgehead atoms. The highest BCUT2D eigenvalue weighted by Crippen LogP contribution is 2.10. The van der Waals surface area contributed by atoms with Crippen molar-refractivity contribution < 1.29 is 9.59 Å². The zero-order valence-corrected chi connectivity index (χ0v) is 9.17. The van der Waals surface area contributed by atoms with Crippen molar-refractivity contribution in [3.05, 3.63) is 23.7 Å². The molecule has 0 aromatic carbocycles. The van der Waals surface area contributed by atoms with E-state index in [0.29, 0.717) is 10.9 Å². The molecule has 0 atom stereocenters. The standard InChI is InChI=1S/C9H8N4O2S/c1-16-9-10-3-2-5(11-9)4-6-7(14)13-8(15)12-6/h2-4H,1H3,(H2,12,13,14,15). The van der Waals surface area contributed by atoms with Crippen molar-refractivity contribution in [1.29, 1.82) is 0 Å². The largest absolute Gasteiger partial charge is 0.326 e. The quantitative estimate of drug-likeness (QED) is 0.335. The summed E-state index contributed by atoms with van der Waals surface area (Å²) in [7, 11) is 0. The van der Waals surface area contributed by atoms with Crippen molar-refractivity contribution in [2.75, 3.05) is 6.26 Å². The van der Waals surface area contributed by atoms with Crippen LogP contribution in [0, 0.1) is 0 Å². The highest BCUT2D eigenvalue weighted by atomic mass is 32.2. The first kappa shape index (κ1) is 10.6. The fourth-order valence-electron chi connectivity index (χ4n) is 1.16. The highest BCUT2D eigenvalue weighted by Gasteiger charge is 2.22. The number of aromatic nitrogens is 2.